The first-order valence-electron chi connectivity index (χ1n) is 11.0. The first-order valence-corrected chi connectivity index (χ1v) is 11.0. The van der Waals surface area contributed by atoms with Crippen molar-refractivity contribution in [3.05, 3.63) is 94.3 Å². The molecule has 0 spiro atoms. The van der Waals surface area contributed by atoms with Crippen molar-refractivity contribution in [1.29, 1.82) is 0 Å². The largest absolute Gasteiger partial charge is 0.460 e. The quantitative estimate of drug-likeness (QED) is 0.195. The fourth-order valence-electron chi connectivity index (χ4n) is 3.31. The number of ether oxygens (including phenoxy) is 2. The van der Waals surface area contributed by atoms with Crippen molar-refractivity contribution in [3.8, 4) is 23.1 Å². The zero-order chi connectivity index (χ0) is 25.5. The van der Waals surface area contributed by atoms with Crippen molar-refractivity contribution in [2.45, 2.75) is 6.92 Å². The second kappa shape index (κ2) is 11.2. The molecule has 184 valence electrons. The van der Waals surface area contributed by atoms with E-state index >= 15 is 0 Å². The smallest absolute Gasteiger partial charge is 0.336 e. The molecule has 0 aliphatic heterocycles. The van der Waals surface area contributed by atoms with Gasteiger partial charge in [-0.15, -0.1) is 5.10 Å². The Morgan fingerprint density at radius 3 is 2.44 bits per heavy atom. The summed E-state index contributed by atoms with van der Waals surface area (Å²) >= 11 is 0. The van der Waals surface area contributed by atoms with E-state index < -0.39 is 16.6 Å². The number of hydrogen-bond donors (Lipinski definition) is 1. The maximum absolute atomic E-state index is 14.5. The number of non-ortho nitro benzene ring substituents is 1. The summed E-state index contributed by atoms with van der Waals surface area (Å²) < 4.78 is 26.8. The van der Waals surface area contributed by atoms with Crippen molar-refractivity contribution in [1.82, 2.24) is 14.8 Å². The van der Waals surface area contributed by atoms with E-state index in [0.717, 1.165) is 0 Å². The van der Waals surface area contributed by atoms with Gasteiger partial charge >= 0.3 is 6.01 Å². The highest BCUT2D eigenvalue weighted by Crippen LogP contribution is 2.26. The number of nitro benzene ring substituents is 1. The van der Waals surface area contributed by atoms with Crippen LogP contribution in [0.25, 0.3) is 17.1 Å². The van der Waals surface area contributed by atoms with Gasteiger partial charge in [-0.2, -0.15) is 4.98 Å². The van der Waals surface area contributed by atoms with E-state index in [1.807, 2.05) is 6.92 Å². The van der Waals surface area contributed by atoms with Gasteiger partial charge in [0.1, 0.15) is 12.4 Å². The number of rotatable bonds is 10. The molecule has 0 radical (unpaired) electrons. The van der Waals surface area contributed by atoms with Crippen LogP contribution in [0.3, 0.4) is 0 Å². The fourth-order valence-corrected chi connectivity index (χ4v) is 3.31. The predicted molar refractivity (Wildman–Crippen MR) is 130 cm³/mol. The molecule has 0 bridgehead atoms. The second-order valence-electron chi connectivity index (χ2n) is 7.46. The topological polar surface area (TPSA) is 121 Å². The number of amides is 1. The van der Waals surface area contributed by atoms with Gasteiger partial charge in [-0.3, -0.25) is 14.9 Å². The zero-order valence-electron chi connectivity index (χ0n) is 19.3. The maximum atomic E-state index is 14.5. The van der Waals surface area contributed by atoms with Gasteiger partial charge in [0.05, 0.1) is 22.8 Å². The summed E-state index contributed by atoms with van der Waals surface area (Å²) in [7, 11) is 0. The number of benzene rings is 3. The number of carbonyl (C=O) groups is 1. The van der Waals surface area contributed by atoms with Gasteiger partial charge in [0, 0.05) is 30.0 Å². The van der Waals surface area contributed by atoms with E-state index in [1.54, 1.807) is 42.5 Å². The van der Waals surface area contributed by atoms with E-state index in [0.29, 0.717) is 24.6 Å². The van der Waals surface area contributed by atoms with Crippen LogP contribution in [0.5, 0.6) is 6.01 Å². The van der Waals surface area contributed by atoms with Crippen LogP contribution < -0.4 is 10.1 Å². The van der Waals surface area contributed by atoms with Crippen LogP contribution in [0.4, 0.5) is 15.8 Å². The highest BCUT2D eigenvalue weighted by atomic mass is 19.1. The molecule has 36 heavy (non-hydrogen) atoms. The summed E-state index contributed by atoms with van der Waals surface area (Å²) in [6, 6.07) is 18.3. The minimum absolute atomic E-state index is 0.0727. The van der Waals surface area contributed by atoms with Gasteiger partial charge in [-0.05, 0) is 55.5 Å². The number of carbonyl (C=O) groups excluding carboxylic acids is 1. The molecular formula is C25H22FN5O5. The van der Waals surface area contributed by atoms with Crippen LogP contribution in [-0.4, -0.2) is 45.4 Å². The predicted octanol–water partition coefficient (Wildman–Crippen LogP) is 4.65. The standard InChI is InChI=1S/C25H22FN5O5/c1-2-35-15-16-36-25-28-23(21-5-3-4-6-22(21)26)30(29-25)19-13-9-18(10-14-19)27-24(32)17-7-11-20(12-8-17)31(33)34/h3-14H,2,15-16H2,1H3,(H,27,32). The van der Waals surface area contributed by atoms with Gasteiger partial charge in [0.15, 0.2) is 5.82 Å². The van der Waals surface area contributed by atoms with Gasteiger partial charge in [0.2, 0.25) is 0 Å². The second-order valence-corrected chi connectivity index (χ2v) is 7.46. The molecule has 3 aromatic carbocycles. The van der Waals surface area contributed by atoms with Crippen LogP contribution >= 0.6 is 0 Å². The molecule has 1 aromatic heterocycles. The van der Waals surface area contributed by atoms with Crippen LogP contribution in [0.15, 0.2) is 72.8 Å². The summed E-state index contributed by atoms with van der Waals surface area (Å²) in [5.41, 5.74) is 1.48. The molecule has 0 saturated heterocycles. The normalized spacial score (nSPS) is 10.7. The number of nitro groups is 1. The summed E-state index contributed by atoms with van der Waals surface area (Å²) in [6.07, 6.45) is 0. The molecule has 0 atom stereocenters. The van der Waals surface area contributed by atoms with Crippen LogP contribution in [0.1, 0.15) is 17.3 Å². The third-order valence-corrected chi connectivity index (χ3v) is 5.08. The Morgan fingerprint density at radius 2 is 1.78 bits per heavy atom. The van der Waals surface area contributed by atoms with Gasteiger partial charge < -0.3 is 14.8 Å². The van der Waals surface area contributed by atoms with Crippen molar-refractivity contribution in [2.75, 3.05) is 25.1 Å². The molecule has 0 fully saturated rings. The average molecular weight is 491 g/mol. The van der Waals surface area contributed by atoms with Crippen LogP contribution in [-0.2, 0) is 4.74 Å². The Kier molecular flexibility index (Phi) is 7.61. The molecule has 10 nitrogen and oxygen atoms in total. The van der Waals surface area contributed by atoms with E-state index in [4.69, 9.17) is 9.47 Å². The summed E-state index contributed by atoms with van der Waals surface area (Å²) in [4.78, 5) is 27.1. The zero-order valence-corrected chi connectivity index (χ0v) is 19.3. The van der Waals surface area contributed by atoms with E-state index in [-0.39, 0.29) is 35.3 Å². The lowest BCUT2D eigenvalue weighted by Gasteiger charge is -2.09. The Balaban J connectivity index is 1.56. The molecule has 0 aliphatic carbocycles. The number of halogens is 1. The van der Waals surface area contributed by atoms with E-state index in [2.05, 4.69) is 15.4 Å². The lowest BCUT2D eigenvalue weighted by molar-refractivity contribution is -0.384. The monoisotopic (exact) mass is 491 g/mol. The Labute approximate surface area is 205 Å². The SMILES string of the molecule is CCOCCOc1nc(-c2ccccc2F)n(-c2ccc(NC(=O)c3ccc([N+](=O)[O-])cc3)cc2)n1. The van der Waals surface area contributed by atoms with Crippen molar-refractivity contribution in [3.63, 3.8) is 0 Å². The average Bonchev–Trinajstić information content (AvgIpc) is 3.31. The van der Waals surface area contributed by atoms with Crippen molar-refractivity contribution >= 4 is 17.3 Å². The molecule has 0 unspecified atom stereocenters. The fraction of sp³-hybridized carbons (Fsp3) is 0.160. The van der Waals surface area contributed by atoms with Crippen LogP contribution in [0.2, 0.25) is 0 Å². The Morgan fingerprint density at radius 1 is 1.06 bits per heavy atom. The Bertz CT molecular complexity index is 1360. The highest BCUT2D eigenvalue weighted by Gasteiger charge is 2.18. The lowest BCUT2D eigenvalue weighted by Crippen LogP contribution is -2.12. The molecule has 0 aliphatic rings. The first-order chi connectivity index (χ1) is 17.5. The molecular weight excluding hydrogens is 469 g/mol. The minimum Gasteiger partial charge on any atom is -0.460 e. The molecule has 1 heterocycles. The van der Waals surface area contributed by atoms with Crippen molar-refractivity contribution in [2.24, 2.45) is 0 Å². The van der Waals surface area contributed by atoms with E-state index in [1.165, 1.54) is 35.0 Å². The molecule has 1 amide bonds. The number of nitrogens with zero attached hydrogens (tertiary/aromatic N) is 4. The van der Waals surface area contributed by atoms with Crippen LogP contribution in [0, 0.1) is 15.9 Å². The van der Waals surface area contributed by atoms with E-state index in [9.17, 15) is 19.3 Å². The summed E-state index contributed by atoms with van der Waals surface area (Å²) in [6.45, 7) is 3.03. The first kappa shape index (κ1) is 24.5. The molecule has 0 saturated carbocycles. The third kappa shape index (κ3) is 5.70. The molecule has 1 N–H and O–H groups in total. The summed E-state index contributed by atoms with van der Waals surface area (Å²) in [5, 5.41) is 17.9. The molecule has 11 heteroatoms. The Hall–Kier alpha value is -4.64. The van der Waals surface area contributed by atoms with Gasteiger partial charge in [0.25, 0.3) is 11.6 Å². The summed E-state index contributed by atoms with van der Waals surface area (Å²) in [5.74, 6) is -0.628. The number of hydrogen-bond acceptors (Lipinski definition) is 7. The molecule has 4 aromatic rings. The van der Waals surface area contributed by atoms with Gasteiger partial charge in [-0.1, -0.05) is 12.1 Å². The number of nitrogens with one attached hydrogen (secondary N) is 1. The van der Waals surface area contributed by atoms with Crippen molar-refractivity contribution < 1.29 is 23.6 Å². The third-order valence-electron chi connectivity index (χ3n) is 5.08. The maximum Gasteiger partial charge on any atom is 0.336 e. The highest BCUT2D eigenvalue weighted by molar-refractivity contribution is 6.04. The minimum atomic E-state index is -0.532. The lowest BCUT2D eigenvalue weighted by atomic mass is 10.2. The molecule has 4 rings (SSSR count). The number of aromatic nitrogens is 3. The number of anilines is 1. The van der Waals surface area contributed by atoms with Gasteiger partial charge in [-0.25, -0.2) is 9.07 Å².